The minimum absolute atomic E-state index is 0.00963. The van der Waals surface area contributed by atoms with Gasteiger partial charge in [-0.1, -0.05) is 0 Å². The van der Waals surface area contributed by atoms with E-state index in [1.54, 1.807) is 0 Å². The van der Waals surface area contributed by atoms with Crippen LogP contribution in [0.25, 0.3) is 0 Å². The van der Waals surface area contributed by atoms with Crippen LogP contribution in [0.5, 0.6) is 0 Å². The first-order valence-corrected chi connectivity index (χ1v) is 8.05. The van der Waals surface area contributed by atoms with Gasteiger partial charge in [0.1, 0.15) is 11.6 Å². The minimum atomic E-state index is -0.762. The maximum Gasteiger partial charge on any atom is 0.154 e. The van der Waals surface area contributed by atoms with Gasteiger partial charge in [0.2, 0.25) is 0 Å². The van der Waals surface area contributed by atoms with E-state index in [0.717, 1.165) is 0 Å². The Bertz CT molecular complexity index is 785. The van der Waals surface area contributed by atoms with Gasteiger partial charge in [0.15, 0.2) is 5.78 Å². The summed E-state index contributed by atoms with van der Waals surface area (Å²) in [6, 6.07) is 8.27. The Morgan fingerprint density at radius 3 is 1.50 bits per heavy atom. The molecule has 124 valence electrons. The van der Waals surface area contributed by atoms with Gasteiger partial charge in [-0.25, -0.2) is 8.78 Å². The number of anilines is 2. The third-order valence-electron chi connectivity index (χ3n) is 5.43. The van der Waals surface area contributed by atoms with E-state index in [1.807, 2.05) is 0 Å². The number of hydrogen-bond acceptors (Lipinski definition) is 3. The molecule has 0 bridgehead atoms. The summed E-state index contributed by atoms with van der Waals surface area (Å²) in [5.41, 5.74) is 12.4. The van der Waals surface area contributed by atoms with Crippen LogP contribution in [0.4, 0.5) is 20.2 Å². The number of Topliss-reactive ketones (excluding diaryl/α,β-unsaturated/α-hetero) is 1. The molecule has 0 atom stereocenters. The van der Waals surface area contributed by atoms with Gasteiger partial charge in [-0.3, -0.25) is 4.79 Å². The molecule has 0 unspecified atom stereocenters. The van der Waals surface area contributed by atoms with Crippen LogP contribution in [0.1, 0.15) is 36.8 Å². The number of nitrogens with two attached hydrogens (primary N) is 2. The molecule has 0 saturated heterocycles. The molecule has 0 radical (unpaired) electrons. The van der Waals surface area contributed by atoms with Crippen LogP contribution in [-0.2, 0) is 15.6 Å². The SMILES string of the molecule is Nc1ccc(F)cc1C1(C(=O)C2(c3cc(F)ccc3N)CC2)CC1. The molecule has 0 heterocycles. The summed E-state index contributed by atoms with van der Waals surface area (Å²) in [6.45, 7) is 0. The van der Waals surface area contributed by atoms with Gasteiger partial charge in [0.25, 0.3) is 0 Å². The van der Waals surface area contributed by atoms with Crippen LogP contribution >= 0.6 is 0 Å². The fourth-order valence-corrected chi connectivity index (χ4v) is 3.83. The Balaban J connectivity index is 1.78. The predicted octanol–water partition coefficient (Wildman–Crippen LogP) is 3.46. The van der Waals surface area contributed by atoms with Gasteiger partial charge < -0.3 is 11.5 Å². The van der Waals surface area contributed by atoms with Crippen molar-refractivity contribution >= 4 is 17.2 Å². The molecule has 2 fully saturated rings. The van der Waals surface area contributed by atoms with Crippen LogP contribution in [0.15, 0.2) is 36.4 Å². The van der Waals surface area contributed by atoms with Crippen molar-refractivity contribution in [3.8, 4) is 0 Å². The highest BCUT2D eigenvalue weighted by Gasteiger charge is 2.64. The fraction of sp³-hybridized carbons (Fsp3) is 0.316. The average Bonchev–Trinajstić information content (AvgIpc) is 3.45. The molecule has 24 heavy (non-hydrogen) atoms. The number of benzene rings is 2. The van der Waals surface area contributed by atoms with Gasteiger partial charge in [0.05, 0.1) is 10.8 Å². The average molecular weight is 328 g/mol. The van der Waals surface area contributed by atoms with Crippen molar-refractivity contribution in [3.63, 3.8) is 0 Å². The van der Waals surface area contributed by atoms with Crippen LogP contribution < -0.4 is 11.5 Å². The topological polar surface area (TPSA) is 69.1 Å². The Morgan fingerprint density at radius 1 is 0.792 bits per heavy atom. The van der Waals surface area contributed by atoms with E-state index in [1.165, 1.54) is 36.4 Å². The van der Waals surface area contributed by atoms with Crippen LogP contribution in [0.2, 0.25) is 0 Å². The third-order valence-corrected chi connectivity index (χ3v) is 5.43. The molecule has 4 rings (SSSR count). The molecule has 2 aliphatic carbocycles. The molecular weight excluding hydrogens is 310 g/mol. The van der Waals surface area contributed by atoms with Gasteiger partial charge >= 0.3 is 0 Å². The summed E-state index contributed by atoms with van der Waals surface area (Å²) in [6.07, 6.45) is 2.54. The summed E-state index contributed by atoms with van der Waals surface area (Å²) in [5, 5.41) is 0. The molecule has 3 nitrogen and oxygen atoms in total. The normalized spacial score (nSPS) is 19.8. The van der Waals surface area contributed by atoms with Crippen molar-refractivity contribution in [2.45, 2.75) is 36.5 Å². The fourth-order valence-electron chi connectivity index (χ4n) is 3.83. The van der Waals surface area contributed by atoms with Crippen LogP contribution in [0.3, 0.4) is 0 Å². The molecule has 2 aromatic carbocycles. The Kier molecular flexibility index (Phi) is 3.02. The zero-order valence-electron chi connectivity index (χ0n) is 13.1. The lowest BCUT2D eigenvalue weighted by molar-refractivity contribution is -0.124. The maximum atomic E-state index is 13.7. The lowest BCUT2D eigenvalue weighted by atomic mass is 9.78. The quantitative estimate of drug-likeness (QED) is 0.845. The standard InChI is InChI=1S/C19H18F2N2O/c20-11-1-3-15(22)13(9-11)18(5-6-18)17(24)19(7-8-19)14-10-12(21)2-4-16(14)23/h1-4,9-10H,5-8,22-23H2. The van der Waals surface area contributed by atoms with Crippen molar-refractivity contribution in [3.05, 3.63) is 59.2 Å². The molecule has 2 aromatic rings. The van der Waals surface area contributed by atoms with E-state index in [-0.39, 0.29) is 5.78 Å². The summed E-state index contributed by atoms with van der Waals surface area (Å²) < 4.78 is 27.4. The number of carbonyl (C=O) groups excluding carboxylic acids is 1. The number of carbonyl (C=O) groups is 1. The molecule has 0 aliphatic heterocycles. The van der Waals surface area contributed by atoms with Crippen molar-refractivity contribution in [1.29, 1.82) is 0 Å². The first-order chi connectivity index (χ1) is 11.4. The number of ketones is 1. The highest BCUT2D eigenvalue weighted by molar-refractivity contribution is 6.05. The summed E-state index contributed by atoms with van der Waals surface area (Å²) in [7, 11) is 0. The molecule has 0 aromatic heterocycles. The number of halogens is 2. The molecule has 4 N–H and O–H groups in total. The Hall–Kier alpha value is -2.43. The highest BCUT2D eigenvalue weighted by atomic mass is 19.1. The van der Waals surface area contributed by atoms with Gasteiger partial charge in [-0.15, -0.1) is 0 Å². The maximum absolute atomic E-state index is 13.7. The van der Waals surface area contributed by atoms with Gasteiger partial charge in [-0.2, -0.15) is 0 Å². The van der Waals surface area contributed by atoms with E-state index in [2.05, 4.69) is 0 Å². The van der Waals surface area contributed by atoms with Crippen molar-refractivity contribution in [1.82, 2.24) is 0 Å². The first kappa shape index (κ1) is 15.1. The van der Waals surface area contributed by atoms with Crippen LogP contribution in [-0.4, -0.2) is 5.78 Å². The van der Waals surface area contributed by atoms with E-state index in [0.29, 0.717) is 48.2 Å². The van der Waals surface area contributed by atoms with Crippen LogP contribution in [0, 0.1) is 11.6 Å². The van der Waals surface area contributed by atoms with Gasteiger partial charge in [0, 0.05) is 11.4 Å². The second-order valence-corrected chi connectivity index (χ2v) is 6.96. The zero-order valence-corrected chi connectivity index (χ0v) is 13.1. The van der Waals surface area contributed by atoms with Crippen molar-refractivity contribution in [2.24, 2.45) is 0 Å². The van der Waals surface area contributed by atoms with E-state index >= 15 is 0 Å². The minimum Gasteiger partial charge on any atom is -0.398 e. The molecule has 5 heteroatoms. The second-order valence-electron chi connectivity index (χ2n) is 6.96. The van der Waals surface area contributed by atoms with E-state index in [4.69, 9.17) is 11.5 Å². The summed E-state index contributed by atoms with van der Waals surface area (Å²) in [4.78, 5) is 13.4. The number of hydrogen-bond donors (Lipinski definition) is 2. The predicted molar refractivity (Wildman–Crippen MR) is 88.5 cm³/mol. The second kappa shape index (κ2) is 4.79. The van der Waals surface area contributed by atoms with E-state index < -0.39 is 22.5 Å². The number of nitrogen functional groups attached to an aromatic ring is 2. The lowest BCUT2D eigenvalue weighted by Crippen LogP contribution is -2.33. The molecule has 2 saturated carbocycles. The zero-order chi connectivity index (χ0) is 17.1. The van der Waals surface area contributed by atoms with Crippen molar-refractivity contribution in [2.75, 3.05) is 11.5 Å². The van der Waals surface area contributed by atoms with Crippen molar-refractivity contribution < 1.29 is 13.6 Å². The summed E-state index contributed by atoms with van der Waals surface area (Å²) in [5.74, 6) is -0.827. The molecule has 0 amide bonds. The van der Waals surface area contributed by atoms with E-state index in [9.17, 15) is 13.6 Å². The highest BCUT2D eigenvalue weighted by Crippen LogP contribution is 2.61. The smallest absolute Gasteiger partial charge is 0.154 e. The molecule has 2 aliphatic rings. The Labute approximate surface area is 138 Å². The third kappa shape index (κ3) is 2.04. The Morgan fingerprint density at radius 2 is 1.17 bits per heavy atom. The van der Waals surface area contributed by atoms with Gasteiger partial charge in [-0.05, 0) is 73.2 Å². The first-order valence-electron chi connectivity index (χ1n) is 8.05. The lowest BCUT2D eigenvalue weighted by Gasteiger charge is -2.24. The largest absolute Gasteiger partial charge is 0.398 e. The summed E-state index contributed by atoms with van der Waals surface area (Å²) >= 11 is 0. The molecular formula is C19H18F2N2O. The monoisotopic (exact) mass is 328 g/mol. The molecule has 0 spiro atoms. The number of rotatable bonds is 4.